The number of hydrogen-bond acceptors (Lipinski definition) is 6. The lowest BCUT2D eigenvalue weighted by atomic mass is 10.2. The molecule has 0 saturated heterocycles. The van der Waals surface area contributed by atoms with Gasteiger partial charge in [0.05, 0.1) is 12.0 Å². The lowest BCUT2D eigenvalue weighted by molar-refractivity contribution is -0.118. The summed E-state index contributed by atoms with van der Waals surface area (Å²) in [4.78, 5) is 14.7. The molecule has 0 aliphatic heterocycles. The van der Waals surface area contributed by atoms with Crippen molar-refractivity contribution in [2.75, 3.05) is 23.7 Å². The Morgan fingerprint density at radius 2 is 1.69 bits per heavy atom. The Labute approximate surface area is 223 Å². The predicted octanol–water partition coefficient (Wildman–Crippen LogP) is 5.79. The van der Waals surface area contributed by atoms with Gasteiger partial charge in [-0.2, -0.15) is 5.10 Å². The van der Waals surface area contributed by atoms with E-state index in [1.807, 2.05) is 71.3 Å². The third-order valence-electron chi connectivity index (χ3n) is 5.51. The maximum absolute atomic E-state index is 12.5. The minimum Gasteiger partial charge on any atom is -0.372 e. The zero-order chi connectivity index (χ0) is 25.3. The fraction of sp³-hybridized carbons (Fsp3) is 0.185. The molecule has 1 aromatic heterocycles. The van der Waals surface area contributed by atoms with Gasteiger partial charge in [-0.15, -0.1) is 10.2 Å². The SMILES string of the molecule is CCN(CC)c1ccc(/C=N\NC(=O)CSc2nnc(-c3ccc(Br)cc3)n2-c2ccccc2)cc1. The number of halogens is 1. The van der Waals surface area contributed by atoms with Gasteiger partial charge in [-0.25, -0.2) is 5.43 Å². The molecule has 0 aliphatic rings. The second kappa shape index (κ2) is 12.5. The van der Waals surface area contributed by atoms with Gasteiger partial charge in [-0.05, 0) is 55.8 Å². The van der Waals surface area contributed by atoms with Gasteiger partial charge in [-0.1, -0.05) is 70.2 Å². The number of hydrazone groups is 1. The molecule has 184 valence electrons. The van der Waals surface area contributed by atoms with E-state index in [0.717, 1.165) is 34.4 Å². The smallest absolute Gasteiger partial charge is 0.250 e. The van der Waals surface area contributed by atoms with Crippen molar-refractivity contribution < 1.29 is 4.79 Å². The fourth-order valence-corrected chi connectivity index (χ4v) is 4.67. The average Bonchev–Trinajstić information content (AvgIpc) is 3.34. The number of carbonyl (C=O) groups is 1. The van der Waals surface area contributed by atoms with Crippen LogP contribution in [-0.2, 0) is 4.79 Å². The molecular weight excluding hydrogens is 536 g/mol. The molecule has 4 aromatic rings. The number of rotatable bonds is 10. The van der Waals surface area contributed by atoms with E-state index >= 15 is 0 Å². The maximum atomic E-state index is 12.5. The van der Waals surface area contributed by atoms with Gasteiger partial charge in [0.1, 0.15) is 0 Å². The molecular formula is C27H27BrN6OS. The molecule has 1 heterocycles. The summed E-state index contributed by atoms with van der Waals surface area (Å²) in [6.07, 6.45) is 1.65. The van der Waals surface area contributed by atoms with E-state index in [4.69, 9.17) is 0 Å². The molecule has 0 radical (unpaired) electrons. The van der Waals surface area contributed by atoms with E-state index in [1.165, 1.54) is 17.4 Å². The second-order valence-corrected chi connectivity index (χ2v) is 9.69. The standard InChI is InChI=1S/C27H27BrN6OS/c1-3-33(4-2)23-16-10-20(11-17-23)18-29-30-25(35)19-36-27-32-31-26(21-12-14-22(28)15-13-21)34(27)24-8-6-5-7-9-24/h5-18H,3-4,19H2,1-2H3,(H,30,35)/b29-18-. The Morgan fingerprint density at radius 3 is 2.36 bits per heavy atom. The Morgan fingerprint density at radius 1 is 1.00 bits per heavy atom. The van der Waals surface area contributed by atoms with Gasteiger partial charge in [0.15, 0.2) is 11.0 Å². The third-order valence-corrected chi connectivity index (χ3v) is 6.96. The molecule has 0 aliphatic carbocycles. The first-order chi connectivity index (χ1) is 17.6. The highest BCUT2D eigenvalue weighted by Crippen LogP contribution is 2.28. The monoisotopic (exact) mass is 562 g/mol. The molecule has 0 spiro atoms. The third kappa shape index (κ3) is 6.41. The first-order valence-electron chi connectivity index (χ1n) is 11.7. The molecule has 0 atom stereocenters. The fourth-order valence-electron chi connectivity index (χ4n) is 3.66. The number of hydrogen-bond donors (Lipinski definition) is 1. The van der Waals surface area contributed by atoms with Crippen LogP contribution in [0.4, 0.5) is 5.69 Å². The van der Waals surface area contributed by atoms with E-state index in [2.05, 4.69) is 67.5 Å². The second-order valence-electron chi connectivity index (χ2n) is 7.83. The largest absolute Gasteiger partial charge is 0.372 e. The lowest BCUT2D eigenvalue weighted by Gasteiger charge is -2.20. The van der Waals surface area contributed by atoms with E-state index in [1.54, 1.807) is 6.21 Å². The van der Waals surface area contributed by atoms with E-state index < -0.39 is 0 Å². The van der Waals surface area contributed by atoms with Crippen molar-refractivity contribution in [3.63, 3.8) is 0 Å². The van der Waals surface area contributed by atoms with Crippen LogP contribution in [0.2, 0.25) is 0 Å². The summed E-state index contributed by atoms with van der Waals surface area (Å²) in [5, 5.41) is 13.5. The number of aromatic nitrogens is 3. The Bertz CT molecular complexity index is 1300. The Kier molecular flexibility index (Phi) is 8.91. The van der Waals surface area contributed by atoms with Crippen molar-refractivity contribution in [1.82, 2.24) is 20.2 Å². The molecule has 9 heteroatoms. The van der Waals surface area contributed by atoms with Crippen molar-refractivity contribution in [3.05, 3.63) is 88.9 Å². The van der Waals surface area contributed by atoms with Crippen LogP contribution in [0.1, 0.15) is 19.4 Å². The molecule has 1 N–H and O–H groups in total. The lowest BCUT2D eigenvalue weighted by Crippen LogP contribution is -2.21. The normalized spacial score (nSPS) is 11.1. The van der Waals surface area contributed by atoms with Gasteiger partial charge < -0.3 is 4.90 Å². The molecule has 0 saturated carbocycles. The van der Waals surface area contributed by atoms with Gasteiger partial charge in [0, 0.05) is 34.5 Å². The van der Waals surface area contributed by atoms with Crippen molar-refractivity contribution in [1.29, 1.82) is 0 Å². The van der Waals surface area contributed by atoms with Crippen LogP contribution in [0, 0.1) is 0 Å². The van der Waals surface area contributed by atoms with E-state index in [9.17, 15) is 4.79 Å². The summed E-state index contributed by atoms with van der Waals surface area (Å²) in [5.74, 6) is 0.649. The van der Waals surface area contributed by atoms with Gasteiger partial charge in [0.25, 0.3) is 5.91 Å². The van der Waals surface area contributed by atoms with Crippen molar-refractivity contribution in [2.24, 2.45) is 5.10 Å². The molecule has 4 rings (SSSR count). The highest BCUT2D eigenvalue weighted by atomic mass is 79.9. The van der Waals surface area contributed by atoms with E-state index in [0.29, 0.717) is 11.0 Å². The van der Waals surface area contributed by atoms with E-state index in [-0.39, 0.29) is 11.7 Å². The van der Waals surface area contributed by atoms with Crippen LogP contribution in [0.15, 0.2) is 93.6 Å². The summed E-state index contributed by atoms with van der Waals surface area (Å²) in [6, 6.07) is 25.9. The van der Waals surface area contributed by atoms with Crippen LogP contribution >= 0.6 is 27.7 Å². The van der Waals surface area contributed by atoms with Crippen LogP contribution in [0.3, 0.4) is 0 Å². The van der Waals surface area contributed by atoms with Gasteiger partial charge >= 0.3 is 0 Å². The highest BCUT2D eigenvalue weighted by molar-refractivity contribution is 9.10. The minimum absolute atomic E-state index is 0.156. The quantitative estimate of drug-likeness (QED) is 0.150. The number of nitrogens with one attached hydrogen (secondary N) is 1. The molecule has 0 fully saturated rings. The first kappa shape index (κ1) is 25.7. The zero-order valence-corrected chi connectivity index (χ0v) is 22.5. The number of para-hydroxylation sites is 1. The molecule has 0 unspecified atom stereocenters. The Hall–Kier alpha value is -3.43. The number of anilines is 1. The van der Waals surface area contributed by atoms with Crippen LogP contribution in [0.25, 0.3) is 17.1 Å². The van der Waals surface area contributed by atoms with Gasteiger partial charge in [0.2, 0.25) is 0 Å². The summed E-state index contributed by atoms with van der Waals surface area (Å²) < 4.78 is 2.95. The summed E-state index contributed by atoms with van der Waals surface area (Å²) in [7, 11) is 0. The number of thioether (sulfide) groups is 1. The Balaban J connectivity index is 1.42. The van der Waals surface area contributed by atoms with Gasteiger partial charge in [-0.3, -0.25) is 9.36 Å². The maximum Gasteiger partial charge on any atom is 0.250 e. The number of amides is 1. The molecule has 3 aromatic carbocycles. The summed E-state index contributed by atoms with van der Waals surface area (Å²) in [5.41, 5.74) is 6.55. The van der Waals surface area contributed by atoms with Crippen molar-refractivity contribution in [2.45, 2.75) is 19.0 Å². The minimum atomic E-state index is -0.219. The summed E-state index contributed by atoms with van der Waals surface area (Å²) >= 11 is 4.79. The number of nitrogens with zero attached hydrogens (tertiary/aromatic N) is 5. The molecule has 1 amide bonds. The topological polar surface area (TPSA) is 75.4 Å². The number of benzene rings is 3. The molecule has 7 nitrogen and oxygen atoms in total. The predicted molar refractivity (Wildman–Crippen MR) is 151 cm³/mol. The zero-order valence-electron chi connectivity index (χ0n) is 20.1. The molecule has 36 heavy (non-hydrogen) atoms. The highest BCUT2D eigenvalue weighted by Gasteiger charge is 2.17. The first-order valence-corrected chi connectivity index (χ1v) is 13.4. The van der Waals surface area contributed by atoms with Crippen LogP contribution < -0.4 is 10.3 Å². The van der Waals surface area contributed by atoms with Crippen molar-refractivity contribution >= 4 is 45.5 Å². The van der Waals surface area contributed by atoms with Crippen LogP contribution in [-0.4, -0.2) is 45.7 Å². The number of carbonyl (C=O) groups excluding carboxylic acids is 1. The van der Waals surface area contributed by atoms with Crippen molar-refractivity contribution in [3.8, 4) is 17.1 Å². The van der Waals surface area contributed by atoms with Crippen LogP contribution in [0.5, 0.6) is 0 Å². The molecule has 0 bridgehead atoms. The summed E-state index contributed by atoms with van der Waals surface area (Å²) in [6.45, 7) is 6.19. The average molecular weight is 564 g/mol.